The molecule has 0 saturated carbocycles. The number of hydrogen-bond donors (Lipinski definition) is 0. The SMILES string of the molecule is O=Cc1oncc1CCl. The number of aldehydes is 1. The van der Waals surface area contributed by atoms with Crippen molar-refractivity contribution >= 4 is 17.9 Å². The van der Waals surface area contributed by atoms with Crippen LogP contribution in [0.25, 0.3) is 0 Å². The smallest absolute Gasteiger partial charge is 0.203 e. The Labute approximate surface area is 56.6 Å². The molecule has 0 aliphatic carbocycles. The van der Waals surface area contributed by atoms with Gasteiger partial charge in [0.25, 0.3) is 0 Å². The molecule has 0 N–H and O–H groups in total. The fourth-order valence-electron chi connectivity index (χ4n) is 0.467. The van der Waals surface area contributed by atoms with Gasteiger partial charge in [0, 0.05) is 5.56 Å². The Kier molecular flexibility index (Phi) is 1.85. The lowest BCUT2D eigenvalue weighted by atomic mass is 10.3. The lowest BCUT2D eigenvalue weighted by Gasteiger charge is -1.81. The van der Waals surface area contributed by atoms with Crippen LogP contribution in [-0.2, 0) is 5.88 Å². The highest BCUT2D eigenvalue weighted by Crippen LogP contribution is 2.06. The van der Waals surface area contributed by atoms with Crippen molar-refractivity contribution in [3.05, 3.63) is 17.5 Å². The van der Waals surface area contributed by atoms with Crippen LogP contribution in [0, 0.1) is 0 Å². The van der Waals surface area contributed by atoms with E-state index in [0.29, 0.717) is 11.8 Å². The van der Waals surface area contributed by atoms with Gasteiger partial charge in [0.05, 0.1) is 12.1 Å². The molecule has 0 aliphatic rings. The molecule has 3 nitrogen and oxygen atoms in total. The maximum absolute atomic E-state index is 10.1. The van der Waals surface area contributed by atoms with Crippen molar-refractivity contribution in [3.63, 3.8) is 0 Å². The van der Waals surface area contributed by atoms with Gasteiger partial charge in [0.2, 0.25) is 5.76 Å². The summed E-state index contributed by atoms with van der Waals surface area (Å²) in [6.45, 7) is 0. The van der Waals surface area contributed by atoms with Gasteiger partial charge in [-0.05, 0) is 0 Å². The van der Waals surface area contributed by atoms with E-state index in [4.69, 9.17) is 11.6 Å². The normalized spacial score (nSPS) is 9.44. The fourth-order valence-corrected chi connectivity index (χ4v) is 0.667. The van der Waals surface area contributed by atoms with E-state index < -0.39 is 0 Å². The zero-order valence-corrected chi connectivity index (χ0v) is 5.26. The highest BCUT2D eigenvalue weighted by atomic mass is 35.5. The largest absolute Gasteiger partial charge is 0.353 e. The highest BCUT2D eigenvalue weighted by Gasteiger charge is 2.03. The molecular formula is C5H4ClNO2. The Morgan fingerprint density at radius 2 is 2.67 bits per heavy atom. The number of rotatable bonds is 2. The average Bonchev–Trinajstić information content (AvgIpc) is 2.33. The summed E-state index contributed by atoms with van der Waals surface area (Å²) < 4.78 is 4.50. The lowest BCUT2D eigenvalue weighted by Crippen LogP contribution is -1.79. The van der Waals surface area contributed by atoms with Gasteiger partial charge in [-0.2, -0.15) is 0 Å². The Balaban J connectivity index is 2.98. The van der Waals surface area contributed by atoms with Crippen molar-refractivity contribution < 1.29 is 9.32 Å². The molecule has 0 spiro atoms. The predicted molar refractivity (Wildman–Crippen MR) is 31.4 cm³/mol. The van der Waals surface area contributed by atoms with Crippen molar-refractivity contribution in [2.75, 3.05) is 0 Å². The number of nitrogens with zero attached hydrogens (tertiary/aromatic N) is 1. The van der Waals surface area contributed by atoms with Gasteiger partial charge < -0.3 is 4.52 Å². The van der Waals surface area contributed by atoms with E-state index in [1.165, 1.54) is 6.20 Å². The zero-order chi connectivity index (χ0) is 6.69. The van der Waals surface area contributed by atoms with Crippen molar-refractivity contribution in [3.8, 4) is 0 Å². The first-order valence-electron chi connectivity index (χ1n) is 2.33. The third-order valence-corrected chi connectivity index (χ3v) is 1.22. The zero-order valence-electron chi connectivity index (χ0n) is 4.50. The van der Waals surface area contributed by atoms with E-state index in [2.05, 4.69) is 9.68 Å². The van der Waals surface area contributed by atoms with Gasteiger partial charge in [-0.1, -0.05) is 5.16 Å². The highest BCUT2D eigenvalue weighted by molar-refractivity contribution is 6.17. The summed E-state index contributed by atoms with van der Waals surface area (Å²) in [5, 5.41) is 3.37. The van der Waals surface area contributed by atoms with Crippen molar-refractivity contribution in [2.45, 2.75) is 5.88 Å². The predicted octanol–water partition coefficient (Wildman–Crippen LogP) is 1.23. The molecule has 1 aromatic rings. The van der Waals surface area contributed by atoms with Gasteiger partial charge in [-0.25, -0.2) is 0 Å². The number of carbonyl (C=O) groups excluding carboxylic acids is 1. The van der Waals surface area contributed by atoms with Crippen LogP contribution < -0.4 is 0 Å². The third kappa shape index (κ3) is 1.10. The summed E-state index contributed by atoms with van der Waals surface area (Å²) in [4.78, 5) is 10.1. The van der Waals surface area contributed by atoms with Crippen LogP contribution in [0.3, 0.4) is 0 Å². The first kappa shape index (κ1) is 6.29. The number of aromatic nitrogens is 1. The van der Waals surface area contributed by atoms with Crippen molar-refractivity contribution in [1.82, 2.24) is 5.16 Å². The van der Waals surface area contributed by atoms with E-state index in [0.717, 1.165) is 0 Å². The van der Waals surface area contributed by atoms with Crippen LogP contribution in [0.15, 0.2) is 10.7 Å². The van der Waals surface area contributed by atoms with Crippen LogP contribution in [0.2, 0.25) is 0 Å². The number of halogens is 1. The molecular weight excluding hydrogens is 142 g/mol. The average molecular weight is 146 g/mol. The van der Waals surface area contributed by atoms with E-state index in [1.807, 2.05) is 0 Å². The molecule has 0 aromatic carbocycles. The Morgan fingerprint density at radius 3 is 3.11 bits per heavy atom. The topological polar surface area (TPSA) is 43.1 Å². The van der Waals surface area contributed by atoms with Crippen LogP contribution >= 0.6 is 11.6 Å². The molecule has 0 unspecified atom stereocenters. The molecule has 48 valence electrons. The second kappa shape index (κ2) is 2.64. The van der Waals surface area contributed by atoms with Gasteiger partial charge in [0.1, 0.15) is 0 Å². The fraction of sp³-hybridized carbons (Fsp3) is 0.200. The Hall–Kier alpha value is -0.830. The molecule has 0 atom stereocenters. The van der Waals surface area contributed by atoms with Crippen LogP contribution in [-0.4, -0.2) is 11.4 Å². The molecule has 1 heterocycles. The molecule has 9 heavy (non-hydrogen) atoms. The van der Waals surface area contributed by atoms with Gasteiger partial charge in [-0.15, -0.1) is 11.6 Å². The van der Waals surface area contributed by atoms with E-state index in [1.54, 1.807) is 0 Å². The minimum Gasteiger partial charge on any atom is -0.353 e. The summed E-state index contributed by atoms with van der Waals surface area (Å²) in [5.74, 6) is 0.474. The summed E-state index contributed by atoms with van der Waals surface area (Å²) in [7, 11) is 0. The lowest BCUT2D eigenvalue weighted by molar-refractivity contribution is 0.109. The van der Waals surface area contributed by atoms with E-state index >= 15 is 0 Å². The van der Waals surface area contributed by atoms with Crippen molar-refractivity contribution in [2.24, 2.45) is 0 Å². The van der Waals surface area contributed by atoms with Crippen LogP contribution in [0.1, 0.15) is 16.1 Å². The van der Waals surface area contributed by atoms with Crippen LogP contribution in [0.5, 0.6) is 0 Å². The first-order chi connectivity index (χ1) is 4.38. The first-order valence-corrected chi connectivity index (χ1v) is 2.86. The summed E-state index contributed by atoms with van der Waals surface area (Å²) in [6.07, 6.45) is 2.02. The minimum atomic E-state index is 0.213. The molecule has 0 bridgehead atoms. The summed E-state index contributed by atoms with van der Waals surface area (Å²) in [5.41, 5.74) is 0.631. The van der Waals surface area contributed by atoms with Gasteiger partial charge in [-0.3, -0.25) is 4.79 Å². The molecule has 0 fully saturated rings. The third-order valence-electron chi connectivity index (χ3n) is 0.927. The number of carbonyl (C=O) groups is 1. The molecule has 1 rings (SSSR count). The van der Waals surface area contributed by atoms with E-state index in [9.17, 15) is 4.79 Å². The van der Waals surface area contributed by atoms with Gasteiger partial charge in [0.15, 0.2) is 6.29 Å². The second-order valence-electron chi connectivity index (χ2n) is 1.47. The maximum atomic E-state index is 10.1. The quantitative estimate of drug-likeness (QED) is 0.464. The maximum Gasteiger partial charge on any atom is 0.203 e. The Bertz CT molecular complexity index is 208. The molecule has 0 saturated heterocycles. The second-order valence-corrected chi connectivity index (χ2v) is 1.73. The molecule has 4 heteroatoms. The van der Waals surface area contributed by atoms with E-state index in [-0.39, 0.29) is 11.6 Å². The Morgan fingerprint density at radius 1 is 1.89 bits per heavy atom. The van der Waals surface area contributed by atoms with Crippen molar-refractivity contribution in [1.29, 1.82) is 0 Å². The van der Waals surface area contributed by atoms with Crippen LogP contribution in [0.4, 0.5) is 0 Å². The summed E-state index contributed by atoms with van der Waals surface area (Å²) in [6, 6.07) is 0. The molecule has 0 amide bonds. The summed E-state index contributed by atoms with van der Waals surface area (Å²) >= 11 is 5.39. The standard InChI is InChI=1S/C5H4ClNO2/c6-1-4-2-7-9-5(4)3-8/h2-3H,1H2. The number of hydrogen-bond acceptors (Lipinski definition) is 3. The monoisotopic (exact) mass is 145 g/mol. The minimum absolute atomic E-state index is 0.213. The molecule has 1 aromatic heterocycles. The van der Waals surface area contributed by atoms with Gasteiger partial charge >= 0.3 is 0 Å². The molecule has 0 aliphatic heterocycles. The molecule has 0 radical (unpaired) electrons. The number of alkyl halides is 1.